The third-order valence-corrected chi connectivity index (χ3v) is 1.77. The van der Waals surface area contributed by atoms with E-state index in [1.165, 1.54) is 12.4 Å². The van der Waals surface area contributed by atoms with Crippen molar-refractivity contribution in [3.8, 4) is 0 Å². The van der Waals surface area contributed by atoms with Crippen molar-refractivity contribution in [1.29, 1.82) is 0 Å². The van der Waals surface area contributed by atoms with Crippen LogP contribution >= 0.6 is 0 Å². The van der Waals surface area contributed by atoms with Gasteiger partial charge in [-0.05, 0) is 6.92 Å². The summed E-state index contributed by atoms with van der Waals surface area (Å²) < 4.78 is 9.08. The summed E-state index contributed by atoms with van der Waals surface area (Å²) in [5.41, 5.74) is 5.20. The highest BCUT2D eigenvalue weighted by atomic mass is 16.6. The van der Waals surface area contributed by atoms with Crippen molar-refractivity contribution in [3.05, 3.63) is 18.1 Å². The van der Waals surface area contributed by atoms with Gasteiger partial charge in [0.05, 0.1) is 6.61 Å². The molecular weight excluding hydrogens is 256 g/mol. The van der Waals surface area contributed by atoms with Crippen LogP contribution in [0.5, 0.6) is 0 Å². The van der Waals surface area contributed by atoms with Crippen LogP contribution in [-0.4, -0.2) is 41.2 Å². The van der Waals surface area contributed by atoms with Gasteiger partial charge < -0.3 is 15.2 Å². The highest BCUT2D eigenvalue weighted by Gasteiger charge is 2.16. The van der Waals surface area contributed by atoms with E-state index in [2.05, 4.69) is 19.4 Å². The number of nitrogen functional groups attached to an aromatic ring is 1. The molecule has 1 rings (SSSR count). The number of ether oxygens (including phenoxy) is 2. The number of carbonyl (C=O) groups is 3. The van der Waals surface area contributed by atoms with E-state index in [-0.39, 0.29) is 18.1 Å². The number of imide groups is 1. The van der Waals surface area contributed by atoms with E-state index < -0.39 is 24.6 Å². The summed E-state index contributed by atoms with van der Waals surface area (Å²) in [6.07, 6.45) is 1.65. The molecule has 0 aliphatic carbocycles. The Labute approximate surface area is 108 Å². The van der Waals surface area contributed by atoms with Gasteiger partial charge in [-0.1, -0.05) is 0 Å². The van der Waals surface area contributed by atoms with Crippen molar-refractivity contribution in [3.63, 3.8) is 0 Å². The van der Waals surface area contributed by atoms with Gasteiger partial charge in [-0.15, -0.1) is 0 Å². The number of nitrogens with two attached hydrogens (primary N) is 1. The number of anilines is 1. The highest BCUT2D eigenvalue weighted by molar-refractivity contribution is 5.96. The minimum Gasteiger partial charge on any atom is -0.451 e. The molecule has 3 N–H and O–H groups in total. The molecule has 0 aromatic carbocycles. The average Bonchev–Trinajstić information content (AvgIpc) is 2.36. The second-order valence-corrected chi connectivity index (χ2v) is 3.13. The first kappa shape index (κ1) is 14.4. The maximum absolute atomic E-state index is 11.5. The van der Waals surface area contributed by atoms with Gasteiger partial charge in [-0.2, -0.15) is 0 Å². The fourth-order valence-electron chi connectivity index (χ4n) is 1.02. The fourth-order valence-corrected chi connectivity index (χ4v) is 1.02. The molecule has 0 unspecified atom stereocenters. The second-order valence-electron chi connectivity index (χ2n) is 3.13. The molecule has 9 nitrogen and oxygen atoms in total. The summed E-state index contributed by atoms with van der Waals surface area (Å²) in [7, 11) is 0. The number of nitrogens with one attached hydrogen (secondary N) is 1. The van der Waals surface area contributed by atoms with Gasteiger partial charge in [0, 0.05) is 12.4 Å². The Morgan fingerprint density at radius 2 is 1.95 bits per heavy atom. The van der Waals surface area contributed by atoms with Crippen molar-refractivity contribution in [1.82, 2.24) is 15.3 Å². The largest absolute Gasteiger partial charge is 0.451 e. The van der Waals surface area contributed by atoms with Crippen LogP contribution in [0.25, 0.3) is 0 Å². The lowest BCUT2D eigenvalue weighted by molar-refractivity contribution is -0.123. The highest BCUT2D eigenvalue weighted by Crippen LogP contribution is 2.04. The Bertz CT molecular complexity index is 491. The van der Waals surface area contributed by atoms with Gasteiger partial charge in [0.2, 0.25) is 0 Å². The smallest absolute Gasteiger partial charge is 0.413 e. The van der Waals surface area contributed by atoms with E-state index in [0.717, 1.165) is 0 Å². The van der Waals surface area contributed by atoms with Gasteiger partial charge in [-0.25, -0.2) is 19.6 Å². The summed E-state index contributed by atoms with van der Waals surface area (Å²) >= 11 is 0. The lowest BCUT2D eigenvalue weighted by atomic mass is 10.4. The molecule has 2 amide bonds. The molecule has 1 aromatic heterocycles. The van der Waals surface area contributed by atoms with Crippen LogP contribution in [-0.2, 0) is 14.3 Å². The number of rotatable bonds is 4. The van der Waals surface area contributed by atoms with Crippen LogP contribution in [0.3, 0.4) is 0 Å². The van der Waals surface area contributed by atoms with Gasteiger partial charge >= 0.3 is 12.1 Å². The predicted molar refractivity (Wildman–Crippen MR) is 61.9 cm³/mol. The standard InChI is InChI=1S/C10H12N4O5/c1-2-18-10(17)14-6(15)5-19-9(16)7-8(11)13-4-3-12-7/h3-4H,2,5H2,1H3,(H2,11,13)(H,14,15,17). The van der Waals surface area contributed by atoms with E-state index in [1.807, 2.05) is 5.32 Å². The molecule has 0 saturated carbocycles. The third kappa shape index (κ3) is 4.58. The lowest BCUT2D eigenvalue weighted by Crippen LogP contribution is -2.34. The van der Waals surface area contributed by atoms with Crippen LogP contribution in [0.4, 0.5) is 10.6 Å². The van der Waals surface area contributed by atoms with Crippen LogP contribution in [0, 0.1) is 0 Å². The van der Waals surface area contributed by atoms with E-state index in [1.54, 1.807) is 6.92 Å². The van der Waals surface area contributed by atoms with E-state index in [0.29, 0.717) is 0 Å². The number of carbonyl (C=O) groups excluding carboxylic acids is 3. The molecule has 0 aliphatic heterocycles. The number of esters is 1. The van der Waals surface area contributed by atoms with Crippen LogP contribution < -0.4 is 11.1 Å². The summed E-state index contributed by atoms with van der Waals surface area (Å²) in [5.74, 6) is -1.85. The molecule has 102 valence electrons. The number of amides is 2. The van der Waals surface area contributed by atoms with Gasteiger partial charge in [0.1, 0.15) is 0 Å². The molecule has 0 bridgehead atoms. The van der Waals surface area contributed by atoms with E-state index >= 15 is 0 Å². The number of hydrogen-bond acceptors (Lipinski definition) is 8. The first-order valence-corrected chi connectivity index (χ1v) is 5.24. The number of hydrogen-bond donors (Lipinski definition) is 2. The lowest BCUT2D eigenvalue weighted by Gasteiger charge is -2.06. The molecule has 19 heavy (non-hydrogen) atoms. The molecule has 0 aliphatic rings. The summed E-state index contributed by atoms with van der Waals surface area (Å²) in [6, 6.07) is 0. The number of aromatic nitrogens is 2. The molecule has 9 heteroatoms. The van der Waals surface area contributed by atoms with Crippen LogP contribution in [0.2, 0.25) is 0 Å². The van der Waals surface area contributed by atoms with Crippen molar-refractivity contribution in [2.75, 3.05) is 18.9 Å². The molecular formula is C10H12N4O5. The van der Waals surface area contributed by atoms with Crippen molar-refractivity contribution >= 4 is 23.8 Å². The monoisotopic (exact) mass is 268 g/mol. The summed E-state index contributed by atoms with van der Waals surface area (Å²) in [5, 5.41) is 1.86. The number of alkyl carbamates (subject to hydrolysis) is 1. The molecule has 0 saturated heterocycles. The quantitative estimate of drug-likeness (QED) is 0.697. The predicted octanol–water partition coefficient (Wildman–Crippen LogP) is -0.512. The van der Waals surface area contributed by atoms with Crippen molar-refractivity contribution < 1.29 is 23.9 Å². The average molecular weight is 268 g/mol. The molecule has 1 aromatic rings. The summed E-state index contributed by atoms with van der Waals surface area (Å²) in [6.45, 7) is 1.05. The van der Waals surface area contributed by atoms with Crippen molar-refractivity contribution in [2.45, 2.75) is 6.92 Å². The van der Waals surface area contributed by atoms with Crippen LogP contribution in [0.15, 0.2) is 12.4 Å². The third-order valence-electron chi connectivity index (χ3n) is 1.77. The Hall–Kier alpha value is -2.71. The van der Waals surface area contributed by atoms with Crippen molar-refractivity contribution in [2.24, 2.45) is 0 Å². The first-order chi connectivity index (χ1) is 9.04. The maximum Gasteiger partial charge on any atom is 0.413 e. The summed E-state index contributed by atoms with van der Waals surface area (Å²) in [4.78, 5) is 40.9. The maximum atomic E-state index is 11.5. The van der Waals surface area contributed by atoms with Gasteiger partial charge in [0.25, 0.3) is 5.91 Å². The normalized spacial score (nSPS) is 9.53. The molecule has 0 radical (unpaired) electrons. The van der Waals surface area contributed by atoms with Gasteiger partial charge in [0.15, 0.2) is 18.1 Å². The zero-order chi connectivity index (χ0) is 14.3. The number of nitrogens with zero attached hydrogens (tertiary/aromatic N) is 2. The Balaban J connectivity index is 2.45. The second kappa shape index (κ2) is 6.89. The molecule has 0 fully saturated rings. The Morgan fingerprint density at radius 3 is 2.58 bits per heavy atom. The Kier molecular flexibility index (Phi) is 5.20. The van der Waals surface area contributed by atoms with E-state index in [9.17, 15) is 14.4 Å². The first-order valence-electron chi connectivity index (χ1n) is 5.24. The SMILES string of the molecule is CCOC(=O)NC(=O)COC(=O)c1nccnc1N. The minimum atomic E-state index is -0.914. The molecule has 0 atom stereocenters. The topological polar surface area (TPSA) is 134 Å². The van der Waals surface area contributed by atoms with E-state index in [4.69, 9.17) is 5.73 Å². The zero-order valence-electron chi connectivity index (χ0n) is 10.1. The zero-order valence-corrected chi connectivity index (χ0v) is 10.1. The fraction of sp³-hybridized carbons (Fsp3) is 0.300. The molecule has 0 spiro atoms. The van der Waals surface area contributed by atoms with Gasteiger partial charge in [-0.3, -0.25) is 10.1 Å². The van der Waals surface area contributed by atoms with Crippen LogP contribution in [0.1, 0.15) is 17.4 Å². The minimum absolute atomic E-state index is 0.113. The molecule has 1 heterocycles. The Morgan fingerprint density at radius 1 is 1.26 bits per heavy atom.